The molecule has 0 aromatic carbocycles. The van der Waals surface area contributed by atoms with Gasteiger partial charge in [-0.2, -0.15) is 0 Å². The Bertz CT molecular complexity index is 234. The van der Waals surface area contributed by atoms with E-state index in [4.69, 9.17) is 4.74 Å². The smallest absolute Gasteiger partial charge is 0.248 e. The number of hydrogen-bond donors (Lipinski definition) is 1. The summed E-state index contributed by atoms with van der Waals surface area (Å²) in [6.45, 7) is 5.07. The van der Waals surface area contributed by atoms with Crippen LogP contribution in [0.2, 0.25) is 0 Å². The monoisotopic (exact) mass is 240 g/mol. The molecule has 0 aromatic heterocycles. The number of carbonyl (C=O) groups excluding carboxylic acids is 1. The van der Waals surface area contributed by atoms with Crippen LogP contribution in [0.4, 0.5) is 0 Å². The first-order chi connectivity index (χ1) is 8.36. The highest BCUT2D eigenvalue weighted by Crippen LogP contribution is 2.12. The van der Waals surface area contributed by atoms with Crippen LogP contribution in [0.3, 0.4) is 0 Å². The molecule has 2 aliphatic heterocycles. The lowest BCUT2D eigenvalue weighted by molar-refractivity contribution is -0.137. The van der Waals surface area contributed by atoms with E-state index in [1.807, 2.05) is 4.90 Å². The summed E-state index contributed by atoms with van der Waals surface area (Å²) in [6.07, 6.45) is 5.93. The number of hydrogen-bond acceptors (Lipinski definition) is 3. The fraction of sp³-hybridized carbons (Fsp3) is 0.923. The van der Waals surface area contributed by atoms with Crippen LogP contribution in [0.5, 0.6) is 0 Å². The fourth-order valence-corrected chi connectivity index (χ4v) is 2.60. The topological polar surface area (TPSA) is 41.6 Å². The third kappa shape index (κ3) is 4.28. The molecule has 2 aliphatic rings. The summed E-state index contributed by atoms with van der Waals surface area (Å²) < 4.78 is 5.57. The Morgan fingerprint density at radius 2 is 1.88 bits per heavy atom. The van der Waals surface area contributed by atoms with Crippen molar-refractivity contribution < 1.29 is 9.53 Å². The van der Waals surface area contributed by atoms with Crippen LogP contribution in [0.1, 0.15) is 32.1 Å². The highest BCUT2D eigenvalue weighted by Gasteiger charge is 2.18. The van der Waals surface area contributed by atoms with E-state index in [9.17, 15) is 4.79 Å². The van der Waals surface area contributed by atoms with E-state index in [-0.39, 0.29) is 12.5 Å². The number of likely N-dealkylation sites (tertiary alicyclic amines) is 1. The summed E-state index contributed by atoms with van der Waals surface area (Å²) in [4.78, 5) is 13.8. The van der Waals surface area contributed by atoms with Crippen molar-refractivity contribution in [2.24, 2.45) is 5.92 Å². The number of ether oxygens (including phenoxy) is 1. The number of amides is 1. The van der Waals surface area contributed by atoms with Gasteiger partial charge in [-0.25, -0.2) is 0 Å². The predicted octanol–water partition coefficient (Wildman–Crippen LogP) is 1.02. The highest BCUT2D eigenvalue weighted by molar-refractivity contribution is 5.77. The first kappa shape index (κ1) is 12.8. The lowest BCUT2D eigenvalue weighted by atomic mass is 9.99. The Morgan fingerprint density at radius 3 is 2.59 bits per heavy atom. The van der Waals surface area contributed by atoms with Gasteiger partial charge < -0.3 is 15.0 Å². The minimum Gasteiger partial charge on any atom is -0.371 e. The van der Waals surface area contributed by atoms with Crippen molar-refractivity contribution in [2.75, 3.05) is 39.4 Å². The fourth-order valence-electron chi connectivity index (χ4n) is 2.60. The number of carbonyl (C=O) groups is 1. The van der Waals surface area contributed by atoms with Gasteiger partial charge in [-0.1, -0.05) is 0 Å². The average molecular weight is 240 g/mol. The summed E-state index contributed by atoms with van der Waals surface area (Å²) in [6, 6.07) is 0. The molecule has 0 unspecified atom stereocenters. The van der Waals surface area contributed by atoms with Crippen LogP contribution >= 0.6 is 0 Å². The molecule has 1 amide bonds. The summed E-state index contributed by atoms with van der Waals surface area (Å²) in [5.41, 5.74) is 0. The van der Waals surface area contributed by atoms with Crippen molar-refractivity contribution in [1.29, 1.82) is 0 Å². The zero-order chi connectivity index (χ0) is 11.9. The maximum atomic E-state index is 11.8. The lowest BCUT2D eigenvalue weighted by Crippen LogP contribution is -2.38. The van der Waals surface area contributed by atoms with Crippen molar-refractivity contribution in [3.05, 3.63) is 0 Å². The van der Waals surface area contributed by atoms with Gasteiger partial charge >= 0.3 is 0 Å². The molecule has 17 heavy (non-hydrogen) atoms. The van der Waals surface area contributed by atoms with E-state index in [1.165, 1.54) is 19.3 Å². The van der Waals surface area contributed by atoms with Crippen LogP contribution < -0.4 is 5.32 Å². The standard InChI is InChI=1S/C13H24N2O2/c16-13(15-8-2-1-3-9-15)11-17-10-12-4-6-14-7-5-12/h12,14H,1-11H2. The van der Waals surface area contributed by atoms with Gasteiger partial charge in [0.2, 0.25) is 5.91 Å². The third-order valence-corrected chi connectivity index (χ3v) is 3.75. The molecule has 4 heteroatoms. The zero-order valence-corrected chi connectivity index (χ0v) is 10.6. The van der Waals surface area contributed by atoms with E-state index >= 15 is 0 Å². The van der Waals surface area contributed by atoms with Gasteiger partial charge in [-0.15, -0.1) is 0 Å². The summed E-state index contributed by atoms with van der Waals surface area (Å²) in [5, 5.41) is 3.33. The maximum Gasteiger partial charge on any atom is 0.248 e. The van der Waals surface area contributed by atoms with E-state index in [0.717, 1.165) is 45.6 Å². The lowest BCUT2D eigenvalue weighted by Gasteiger charge is -2.27. The zero-order valence-electron chi connectivity index (χ0n) is 10.6. The van der Waals surface area contributed by atoms with E-state index in [1.54, 1.807) is 0 Å². The van der Waals surface area contributed by atoms with Crippen LogP contribution in [-0.2, 0) is 9.53 Å². The second-order valence-electron chi connectivity index (χ2n) is 5.15. The summed E-state index contributed by atoms with van der Waals surface area (Å²) >= 11 is 0. The third-order valence-electron chi connectivity index (χ3n) is 3.75. The number of nitrogens with zero attached hydrogens (tertiary/aromatic N) is 1. The van der Waals surface area contributed by atoms with Gasteiger partial charge in [0.1, 0.15) is 6.61 Å². The predicted molar refractivity (Wildman–Crippen MR) is 66.8 cm³/mol. The second kappa shape index (κ2) is 6.97. The van der Waals surface area contributed by atoms with Gasteiger partial charge in [0.15, 0.2) is 0 Å². The van der Waals surface area contributed by atoms with Crippen molar-refractivity contribution in [3.8, 4) is 0 Å². The van der Waals surface area contributed by atoms with Crippen molar-refractivity contribution in [1.82, 2.24) is 10.2 Å². The van der Waals surface area contributed by atoms with Gasteiger partial charge in [0.05, 0.1) is 6.61 Å². The minimum absolute atomic E-state index is 0.179. The Labute approximate surface area is 104 Å². The molecule has 2 fully saturated rings. The van der Waals surface area contributed by atoms with Gasteiger partial charge in [0, 0.05) is 13.1 Å². The number of nitrogens with one attached hydrogen (secondary N) is 1. The van der Waals surface area contributed by atoms with Crippen LogP contribution in [-0.4, -0.2) is 50.2 Å². The van der Waals surface area contributed by atoms with Gasteiger partial charge in [0.25, 0.3) is 0 Å². The highest BCUT2D eigenvalue weighted by atomic mass is 16.5. The largest absolute Gasteiger partial charge is 0.371 e. The van der Waals surface area contributed by atoms with Crippen molar-refractivity contribution in [2.45, 2.75) is 32.1 Å². The van der Waals surface area contributed by atoms with Crippen LogP contribution in [0.15, 0.2) is 0 Å². The maximum absolute atomic E-state index is 11.8. The number of rotatable bonds is 4. The second-order valence-corrected chi connectivity index (χ2v) is 5.15. The van der Waals surface area contributed by atoms with E-state index < -0.39 is 0 Å². The molecule has 0 aliphatic carbocycles. The molecular formula is C13H24N2O2. The molecule has 0 aromatic rings. The normalized spacial score (nSPS) is 22.7. The molecule has 4 nitrogen and oxygen atoms in total. The van der Waals surface area contributed by atoms with Crippen molar-refractivity contribution in [3.63, 3.8) is 0 Å². The molecule has 0 atom stereocenters. The molecule has 0 radical (unpaired) electrons. The van der Waals surface area contributed by atoms with Crippen LogP contribution in [0, 0.1) is 5.92 Å². The Morgan fingerprint density at radius 1 is 1.18 bits per heavy atom. The number of piperidine rings is 2. The van der Waals surface area contributed by atoms with E-state index in [0.29, 0.717) is 5.92 Å². The SMILES string of the molecule is O=C(COCC1CCNCC1)N1CCCCC1. The Hall–Kier alpha value is -0.610. The summed E-state index contributed by atoms with van der Waals surface area (Å²) in [5.74, 6) is 0.823. The quantitative estimate of drug-likeness (QED) is 0.797. The molecule has 2 heterocycles. The average Bonchev–Trinajstić information content (AvgIpc) is 2.41. The molecule has 1 N–H and O–H groups in total. The van der Waals surface area contributed by atoms with Gasteiger partial charge in [-0.05, 0) is 51.1 Å². The molecular weight excluding hydrogens is 216 g/mol. The van der Waals surface area contributed by atoms with Gasteiger partial charge in [-0.3, -0.25) is 4.79 Å². The first-order valence-electron chi connectivity index (χ1n) is 6.92. The van der Waals surface area contributed by atoms with E-state index in [2.05, 4.69) is 5.32 Å². The molecule has 98 valence electrons. The van der Waals surface area contributed by atoms with Crippen LogP contribution in [0.25, 0.3) is 0 Å². The molecule has 2 rings (SSSR count). The minimum atomic E-state index is 0.179. The Kier molecular flexibility index (Phi) is 5.26. The Balaban J connectivity index is 1.58. The molecule has 0 spiro atoms. The first-order valence-corrected chi connectivity index (χ1v) is 6.92. The molecule has 0 saturated carbocycles. The van der Waals surface area contributed by atoms with Crippen molar-refractivity contribution >= 4 is 5.91 Å². The summed E-state index contributed by atoms with van der Waals surface area (Å²) in [7, 11) is 0. The molecule has 0 bridgehead atoms. The molecule has 2 saturated heterocycles.